The van der Waals surface area contributed by atoms with Gasteiger partial charge in [-0.2, -0.15) is 5.26 Å². The lowest BCUT2D eigenvalue weighted by Gasteiger charge is -2.10. The van der Waals surface area contributed by atoms with Gasteiger partial charge in [0, 0.05) is 5.56 Å². The molecule has 0 radical (unpaired) electrons. The van der Waals surface area contributed by atoms with Crippen LogP contribution in [0, 0.1) is 11.3 Å². The lowest BCUT2D eigenvalue weighted by atomic mass is 10.0. The number of hydrogen-bond donors (Lipinski definition) is 0. The maximum Gasteiger partial charge on any atom is 0.129 e. The SMILES string of the molecule is N#CCc1ccc(Cl)nc1-c1ccc(Cl)c(Cl)c1Cl. The van der Waals surface area contributed by atoms with Gasteiger partial charge < -0.3 is 0 Å². The van der Waals surface area contributed by atoms with Crippen molar-refractivity contribution < 1.29 is 0 Å². The Bertz CT molecular complexity index is 677. The summed E-state index contributed by atoms with van der Waals surface area (Å²) in [6.07, 6.45) is 0.204. The standard InChI is InChI=1S/C13H6Cl4N2/c14-9-3-2-8(11(16)12(9)17)13-7(5-6-18)1-4-10(15)19-13/h1-4H,5H2. The van der Waals surface area contributed by atoms with E-state index in [2.05, 4.69) is 11.1 Å². The van der Waals surface area contributed by atoms with Crippen molar-refractivity contribution in [3.8, 4) is 17.3 Å². The van der Waals surface area contributed by atoms with E-state index < -0.39 is 0 Å². The van der Waals surface area contributed by atoms with Crippen molar-refractivity contribution in [1.29, 1.82) is 5.26 Å². The van der Waals surface area contributed by atoms with Crippen molar-refractivity contribution in [2.24, 2.45) is 0 Å². The fourth-order valence-electron chi connectivity index (χ4n) is 1.63. The molecule has 0 spiro atoms. The Morgan fingerprint density at radius 1 is 1.00 bits per heavy atom. The summed E-state index contributed by atoms with van der Waals surface area (Å²) in [7, 11) is 0. The van der Waals surface area contributed by atoms with Gasteiger partial charge in [-0.25, -0.2) is 4.98 Å². The van der Waals surface area contributed by atoms with Crippen LogP contribution in [0.1, 0.15) is 5.56 Å². The van der Waals surface area contributed by atoms with Crippen LogP contribution in [0.25, 0.3) is 11.3 Å². The molecule has 0 fully saturated rings. The van der Waals surface area contributed by atoms with Gasteiger partial charge in [0.2, 0.25) is 0 Å². The van der Waals surface area contributed by atoms with Crippen LogP contribution in [-0.2, 0) is 6.42 Å². The molecule has 1 heterocycles. The Kier molecular flexibility index (Phi) is 4.54. The molecule has 0 saturated carbocycles. The highest BCUT2D eigenvalue weighted by atomic mass is 35.5. The van der Waals surface area contributed by atoms with Crippen LogP contribution in [0.2, 0.25) is 20.2 Å². The number of hydrogen-bond acceptors (Lipinski definition) is 2. The summed E-state index contributed by atoms with van der Waals surface area (Å²) in [5.41, 5.74) is 1.87. The minimum Gasteiger partial charge on any atom is -0.236 e. The highest BCUT2D eigenvalue weighted by Crippen LogP contribution is 2.38. The van der Waals surface area contributed by atoms with Gasteiger partial charge in [-0.1, -0.05) is 52.5 Å². The molecule has 0 aliphatic heterocycles. The van der Waals surface area contributed by atoms with Crippen molar-refractivity contribution >= 4 is 46.4 Å². The Labute approximate surface area is 130 Å². The predicted octanol–water partition coefficient (Wildman–Crippen LogP) is 5.43. The summed E-state index contributed by atoms with van der Waals surface area (Å²) in [5, 5.41) is 10.1. The monoisotopic (exact) mass is 330 g/mol. The van der Waals surface area contributed by atoms with Crippen molar-refractivity contribution in [3.63, 3.8) is 0 Å². The van der Waals surface area contributed by atoms with Gasteiger partial charge in [0.25, 0.3) is 0 Å². The lowest BCUT2D eigenvalue weighted by molar-refractivity contribution is 1.20. The van der Waals surface area contributed by atoms with E-state index in [1.54, 1.807) is 24.3 Å². The average Bonchev–Trinajstić information content (AvgIpc) is 2.39. The van der Waals surface area contributed by atoms with Gasteiger partial charge in [-0.15, -0.1) is 0 Å². The molecule has 2 nitrogen and oxygen atoms in total. The summed E-state index contributed by atoms with van der Waals surface area (Å²) in [6.45, 7) is 0. The Balaban J connectivity index is 2.68. The van der Waals surface area contributed by atoms with E-state index in [-0.39, 0.29) is 11.4 Å². The Morgan fingerprint density at radius 3 is 2.42 bits per heavy atom. The molecule has 19 heavy (non-hydrogen) atoms. The third-order valence-corrected chi connectivity index (χ3v) is 4.01. The highest BCUT2D eigenvalue weighted by molar-refractivity contribution is 6.49. The number of halogens is 4. The van der Waals surface area contributed by atoms with Crippen LogP contribution in [0.15, 0.2) is 24.3 Å². The molecular weight excluding hydrogens is 326 g/mol. The van der Waals surface area contributed by atoms with Crippen LogP contribution >= 0.6 is 46.4 Å². The van der Waals surface area contributed by atoms with E-state index in [9.17, 15) is 0 Å². The molecule has 0 aliphatic rings. The second-order valence-electron chi connectivity index (χ2n) is 3.70. The first-order valence-corrected chi connectivity index (χ1v) is 6.72. The molecule has 0 amide bonds. The first-order chi connectivity index (χ1) is 9.04. The zero-order valence-corrected chi connectivity index (χ0v) is 12.4. The maximum atomic E-state index is 8.84. The smallest absolute Gasteiger partial charge is 0.129 e. The predicted molar refractivity (Wildman–Crippen MR) is 79.0 cm³/mol. The summed E-state index contributed by atoms with van der Waals surface area (Å²) < 4.78 is 0. The molecule has 0 atom stereocenters. The maximum absolute atomic E-state index is 8.84. The molecule has 0 aliphatic carbocycles. The van der Waals surface area contributed by atoms with Gasteiger partial charge in [0.05, 0.1) is 33.3 Å². The summed E-state index contributed by atoms with van der Waals surface area (Å²) >= 11 is 24.0. The number of pyridine rings is 1. The quantitative estimate of drug-likeness (QED) is 0.543. The third-order valence-electron chi connectivity index (χ3n) is 2.50. The van der Waals surface area contributed by atoms with Crippen LogP contribution in [0.4, 0.5) is 0 Å². The van der Waals surface area contributed by atoms with E-state index >= 15 is 0 Å². The molecular formula is C13H6Cl4N2. The Morgan fingerprint density at radius 2 is 1.74 bits per heavy atom. The molecule has 1 aromatic carbocycles. The fraction of sp³-hybridized carbons (Fsp3) is 0.0769. The summed E-state index contributed by atoms with van der Waals surface area (Å²) in [4.78, 5) is 4.22. The zero-order valence-electron chi connectivity index (χ0n) is 9.42. The second-order valence-corrected chi connectivity index (χ2v) is 5.25. The first kappa shape index (κ1) is 14.4. The largest absolute Gasteiger partial charge is 0.236 e. The normalized spacial score (nSPS) is 10.3. The minimum atomic E-state index is 0.204. The number of aromatic nitrogens is 1. The third kappa shape index (κ3) is 2.96. The number of nitriles is 1. The number of rotatable bonds is 2. The van der Waals surface area contributed by atoms with Crippen molar-refractivity contribution in [2.75, 3.05) is 0 Å². The van der Waals surface area contributed by atoms with Crippen molar-refractivity contribution in [1.82, 2.24) is 4.98 Å². The lowest BCUT2D eigenvalue weighted by Crippen LogP contribution is -1.94. The van der Waals surface area contributed by atoms with E-state index in [1.807, 2.05) is 0 Å². The molecule has 0 bridgehead atoms. The van der Waals surface area contributed by atoms with Crippen LogP contribution in [-0.4, -0.2) is 4.98 Å². The molecule has 6 heteroatoms. The van der Waals surface area contributed by atoms with Crippen molar-refractivity contribution in [3.05, 3.63) is 50.0 Å². The highest BCUT2D eigenvalue weighted by Gasteiger charge is 2.15. The summed E-state index contributed by atoms with van der Waals surface area (Å²) in [6, 6.07) is 8.78. The molecule has 0 N–H and O–H groups in total. The molecule has 96 valence electrons. The van der Waals surface area contributed by atoms with E-state index in [0.29, 0.717) is 26.5 Å². The van der Waals surface area contributed by atoms with Gasteiger partial charge in [-0.05, 0) is 23.8 Å². The fourth-order valence-corrected chi connectivity index (χ4v) is 2.41. The summed E-state index contributed by atoms with van der Waals surface area (Å²) in [5.74, 6) is 0. The van der Waals surface area contributed by atoms with E-state index in [1.165, 1.54) is 0 Å². The Hall–Kier alpha value is -0.980. The van der Waals surface area contributed by atoms with Gasteiger partial charge in [-0.3, -0.25) is 0 Å². The minimum absolute atomic E-state index is 0.204. The van der Waals surface area contributed by atoms with Gasteiger partial charge in [0.15, 0.2) is 0 Å². The van der Waals surface area contributed by atoms with Crippen LogP contribution in [0.5, 0.6) is 0 Å². The van der Waals surface area contributed by atoms with Crippen LogP contribution in [0.3, 0.4) is 0 Å². The van der Waals surface area contributed by atoms with Crippen LogP contribution < -0.4 is 0 Å². The van der Waals surface area contributed by atoms with E-state index in [4.69, 9.17) is 51.7 Å². The zero-order chi connectivity index (χ0) is 14.0. The molecule has 1 aromatic heterocycles. The number of benzene rings is 1. The first-order valence-electron chi connectivity index (χ1n) is 5.21. The molecule has 2 rings (SSSR count). The molecule has 2 aromatic rings. The average molecular weight is 332 g/mol. The molecule has 0 unspecified atom stereocenters. The number of nitrogens with zero attached hydrogens (tertiary/aromatic N) is 2. The molecule has 0 saturated heterocycles. The van der Waals surface area contributed by atoms with Gasteiger partial charge in [0.1, 0.15) is 5.15 Å². The van der Waals surface area contributed by atoms with Crippen molar-refractivity contribution in [2.45, 2.75) is 6.42 Å². The topological polar surface area (TPSA) is 36.7 Å². The second kappa shape index (κ2) is 5.98. The van der Waals surface area contributed by atoms with Gasteiger partial charge >= 0.3 is 0 Å². The van der Waals surface area contributed by atoms with E-state index in [0.717, 1.165) is 5.56 Å².